The minimum atomic E-state index is -0.459. The van der Waals surface area contributed by atoms with Gasteiger partial charge in [-0.2, -0.15) is 0 Å². The van der Waals surface area contributed by atoms with Gasteiger partial charge in [-0.25, -0.2) is 0 Å². The van der Waals surface area contributed by atoms with Gasteiger partial charge in [-0.15, -0.1) is 0 Å². The molecule has 1 aromatic rings. The van der Waals surface area contributed by atoms with Gasteiger partial charge in [0.1, 0.15) is 5.69 Å². The molecule has 0 N–H and O–H groups in total. The van der Waals surface area contributed by atoms with Crippen LogP contribution in [0.1, 0.15) is 6.42 Å². The fraction of sp³-hybridized carbons (Fsp3) is 0.500. The average Bonchev–Trinajstić information content (AvgIpc) is 2.54. The third-order valence-corrected chi connectivity index (χ3v) is 3.48. The van der Waals surface area contributed by atoms with Gasteiger partial charge in [-0.05, 0) is 12.1 Å². The fourth-order valence-electron chi connectivity index (χ4n) is 2.45. The molecule has 8 heteroatoms. The Balaban J connectivity index is 2.24. The zero-order valence-corrected chi connectivity index (χ0v) is 12.5. The summed E-state index contributed by atoms with van der Waals surface area (Å²) in [5.41, 5.74) is 0.381. The van der Waals surface area contributed by atoms with Crippen molar-refractivity contribution in [2.75, 3.05) is 38.8 Å². The molecule has 0 saturated carbocycles. The van der Waals surface area contributed by atoms with E-state index in [4.69, 9.17) is 9.47 Å². The quantitative estimate of drug-likeness (QED) is 0.461. The summed E-state index contributed by atoms with van der Waals surface area (Å²) in [6.07, 6.45) is -0.239. The Kier molecular flexibility index (Phi) is 5.16. The number of esters is 1. The smallest absolute Gasteiger partial charge is 0.333 e. The molecule has 1 fully saturated rings. The first-order valence-electron chi connectivity index (χ1n) is 6.81. The molecule has 1 atom stereocenters. The molecule has 8 nitrogen and oxygen atoms in total. The molecule has 1 aromatic carbocycles. The molecule has 0 amide bonds. The predicted molar refractivity (Wildman–Crippen MR) is 78.2 cm³/mol. The van der Waals surface area contributed by atoms with Gasteiger partial charge >= 0.3 is 11.7 Å². The van der Waals surface area contributed by atoms with Crippen molar-refractivity contribution in [1.82, 2.24) is 0 Å². The summed E-state index contributed by atoms with van der Waals surface area (Å²) in [4.78, 5) is 24.1. The van der Waals surface area contributed by atoms with E-state index in [1.54, 1.807) is 18.2 Å². The number of carbonyl (C=O) groups excluding carboxylic acids is 1. The van der Waals surface area contributed by atoms with Crippen LogP contribution in [0.5, 0.6) is 5.75 Å². The van der Waals surface area contributed by atoms with Crippen molar-refractivity contribution >= 4 is 17.3 Å². The number of ether oxygens (including phenoxy) is 3. The van der Waals surface area contributed by atoms with E-state index in [1.807, 2.05) is 4.90 Å². The standard InChI is InChI=1S/C14H18N2O6/c1-20-12-5-3-4-11(14(12)16(18)19)15-6-7-22-10(9-15)8-13(17)21-2/h3-5,10H,6-9H2,1-2H3/t10-/m1/s1. The maximum absolute atomic E-state index is 11.3. The number of nitro benzene ring substituents is 1. The summed E-state index contributed by atoms with van der Waals surface area (Å²) in [5, 5.41) is 11.3. The highest BCUT2D eigenvalue weighted by molar-refractivity contribution is 5.71. The summed E-state index contributed by atoms with van der Waals surface area (Å²) in [6.45, 7) is 1.27. The highest BCUT2D eigenvalue weighted by Gasteiger charge is 2.29. The lowest BCUT2D eigenvalue weighted by molar-refractivity contribution is -0.385. The van der Waals surface area contributed by atoms with Crippen LogP contribution in [0.25, 0.3) is 0 Å². The number of methoxy groups -OCH3 is 2. The Morgan fingerprint density at radius 3 is 2.91 bits per heavy atom. The van der Waals surface area contributed by atoms with Crippen LogP contribution in [-0.2, 0) is 14.3 Å². The van der Waals surface area contributed by atoms with Gasteiger partial charge in [-0.3, -0.25) is 14.9 Å². The third-order valence-electron chi connectivity index (χ3n) is 3.48. The number of rotatable bonds is 5. The zero-order chi connectivity index (χ0) is 16.1. The molecule has 0 aliphatic carbocycles. The zero-order valence-electron chi connectivity index (χ0n) is 12.5. The largest absolute Gasteiger partial charge is 0.490 e. The Hall–Kier alpha value is -2.35. The Morgan fingerprint density at radius 2 is 2.27 bits per heavy atom. The van der Waals surface area contributed by atoms with Crippen LogP contribution >= 0.6 is 0 Å². The number of hydrogen-bond donors (Lipinski definition) is 0. The summed E-state index contributed by atoms with van der Waals surface area (Å²) in [5.74, 6) is -0.162. The highest BCUT2D eigenvalue weighted by Crippen LogP contribution is 2.37. The van der Waals surface area contributed by atoms with Crippen LogP contribution in [0, 0.1) is 10.1 Å². The number of benzene rings is 1. The van der Waals surface area contributed by atoms with Gasteiger partial charge in [0.25, 0.3) is 0 Å². The molecule has 2 rings (SSSR count). The number of hydrogen-bond acceptors (Lipinski definition) is 7. The van der Waals surface area contributed by atoms with Gasteiger partial charge in [0.2, 0.25) is 0 Å². The van der Waals surface area contributed by atoms with Gasteiger partial charge in [0.05, 0.1) is 38.3 Å². The van der Waals surface area contributed by atoms with E-state index in [1.165, 1.54) is 14.2 Å². The van der Waals surface area contributed by atoms with Crippen LogP contribution in [0.15, 0.2) is 18.2 Å². The van der Waals surface area contributed by atoms with Crippen LogP contribution in [-0.4, -0.2) is 50.9 Å². The normalized spacial score (nSPS) is 17.9. The van der Waals surface area contributed by atoms with Crippen LogP contribution in [0.4, 0.5) is 11.4 Å². The van der Waals surface area contributed by atoms with E-state index in [0.29, 0.717) is 25.4 Å². The topological polar surface area (TPSA) is 91.1 Å². The fourth-order valence-corrected chi connectivity index (χ4v) is 2.45. The first kappa shape index (κ1) is 16.0. The highest BCUT2D eigenvalue weighted by atomic mass is 16.6. The van der Waals surface area contributed by atoms with Crippen molar-refractivity contribution in [3.8, 4) is 5.75 Å². The molecule has 0 unspecified atom stereocenters. The van der Waals surface area contributed by atoms with Crippen LogP contribution in [0.2, 0.25) is 0 Å². The molecular formula is C14H18N2O6. The lowest BCUT2D eigenvalue weighted by Gasteiger charge is -2.33. The molecular weight excluding hydrogens is 292 g/mol. The van der Waals surface area contributed by atoms with E-state index >= 15 is 0 Å². The van der Waals surface area contributed by atoms with E-state index in [9.17, 15) is 14.9 Å². The average molecular weight is 310 g/mol. The molecule has 0 bridgehead atoms. The Morgan fingerprint density at radius 1 is 1.50 bits per heavy atom. The van der Waals surface area contributed by atoms with E-state index in [2.05, 4.69) is 4.74 Å². The molecule has 1 aliphatic heterocycles. The second-order valence-corrected chi connectivity index (χ2v) is 4.80. The molecule has 1 heterocycles. The molecule has 1 aliphatic rings. The molecule has 22 heavy (non-hydrogen) atoms. The summed E-state index contributed by atoms with van der Waals surface area (Å²) in [6, 6.07) is 4.92. The van der Waals surface area contributed by atoms with Crippen molar-refractivity contribution in [2.45, 2.75) is 12.5 Å². The van der Waals surface area contributed by atoms with Crippen LogP contribution < -0.4 is 9.64 Å². The monoisotopic (exact) mass is 310 g/mol. The minimum absolute atomic E-state index is 0.0799. The van der Waals surface area contributed by atoms with Gasteiger partial charge in [-0.1, -0.05) is 6.07 Å². The second kappa shape index (κ2) is 7.08. The van der Waals surface area contributed by atoms with Crippen molar-refractivity contribution in [2.24, 2.45) is 0 Å². The molecule has 0 spiro atoms. The van der Waals surface area contributed by atoms with E-state index in [-0.39, 0.29) is 29.9 Å². The van der Waals surface area contributed by atoms with Gasteiger partial charge in [0.15, 0.2) is 5.75 Å². The lowest BCUT2D eigenvalue weighted by Crippen LogP contribution is -2.43. The molecule has 0 aromatic heterocycles. The summed E-state index contributed by atoms with van der Waals surface area (Å²) in [7, 11) is 2.71. The molecule has 0 radical (unpaired) electrons. The minimum Gasteiger partial charge on any atom is -0.490 e. The Bertz CT molecular complexity index is 562. The third kappa shape index (κ3) is 3.45. The van der Waals surface area contributed by atoms with Crippen LogP contribution in [0.3, 0.4) is 0 Å². The molecule has 120 valence electrons. The number of para-hydroxylation sites is 1. The summed E-state index contributed by atoms with van der Waals surface area (Å²) < 4.78 is 15.2. The van der Waals surface area contributed by atoms with Gasteiger partial charge < -0.3 is 19.1 Å². The molecule has 1 saturated heterocycles. The first-order valence-corrected chi connectivity index (χ1v) is 6.81. The van der Waals surface area contributed by atoms with Crippen molar-refractivity contribution in [3.05, 3.63) is 28.3 Å². The van der Waals surface area contributed by atoms with Gasteiger partial charge in [0, 0.05) is 13.1 Å². The van der Waals surface area contributed by atoms with E-state index in [0.717, 1.165) is 0 Å². The van der Waals surface area contributed by atoms with E-state index < -0.39 is 4.92 Å². The maximum Gasteiger partial charge on any atom is 0.333 e. The Labute approximate surface area is 127 Å². The number of anilines is 1. The predicted octanol–water partition coefficient (Wildman–Crippen LogP) is 1.37. The van der Waals surface area contributed by atoms with Crippen molar-refractivity contribution < 1.29 is 23.9 Å². The van der Waals surface area contributed by atoms with Crippen molar-refractivity contribution in [1.29, 1.82) is 0 Å². The number of morpholine rings is 1. The lowest BCUT2D eigenvalue weighted by atomic mass is 10.1. The SMILES string of the molecule is COC(=O)C[C@@H]1CN(c2cccc(OC)c2[N+](=O)[O-])CCO1. The first-order chi connectivity index (χ1) is 10.6. The summed E-state index contributed by atoms with van der Waals surface area (Å²) >= 11 is 0. The maximum atomic E-state index is 11.3. The number of nitrogens with zero attached hydrogens (tertiary/aromatic N) is 2. The van der Waals surface area contributed by atoms with Crippen molar-refractivity contribution in [3.63, 3.8) is 0 Å². The number of nitro groups is 1. The second-order valence-electron chi connectivity index (χ2n) is 4.80. The number of carbonyl (C=O) groups is 1.